The van der Waals surface area contributed by atoms with Crippen LogP contribution in [0.3, 0.4) is 0 Å². The Morgan fingerprint density at radius 3 is 2.63 bits per heavy atom. The average molecular weight is 520 g/mol. The maximum atomic E-state index is 14.2. The lowest BCUT2D eigenvalue weighted by atomic mass is 9.70. The molecule has 3 aliphatic rings. The van der Waals surface area contributed by atoms with Crippen molar-refractivity contribution in [3.8, 4) is 0 Å². The van der Waals surface area contributed by atoms with Gasteiger partial charge in [0.2, 0.25) is 17.7 Å². The molecule has 2 unspecified atom stereocenters. The Bertz CT molecular complexity index is 1220. The van der Waals surface area contributed by atoms with Crippen molar-refractivity contribution in [2.75, 3.05) is 18.5 Å². The van der Waals surface area contributed by atoms with Gasteiger partial charge < -0.3 is 25.4 Å². The number of carbonyl (C=O) groups is 3. The third-order valence-corrected chi connectivity index (χ3v) is 8.41. The van der Waals surface area contributed by atoms with Crippen molar-refractivity contribution in [1.29, 1.82) is 0 Å². The molecule has 8 heteroatoms. The van der Waals surface area contributed by atoms with E-state index in [0.717, 1.165) is 23.1 Å². The van der Waals surface area contributed by atoms with Crippen LogP contribution in [0, 0.1) is 25.7 Å². The summed E-state index contributed by atoms with van der Waals surface area (Å²) in [7, 11) is 0. The number of aliphatic hydroxyl groups excluding tert-OH is 1. The Balaban J connectivity index is 1.54. The van der Waals surface area contributed by atoms with Gasteiger partial charge in [0, 0.05) is 12.2 Å². The van der Waals surface area contributed by atoms with Crippen molar-refractivity contribution in [3.05, 3.63) is 65.2 Å². The molecule has 6 atom stereocenters. The van der Waals surface area contributed by atoms with Crippen LogP contribution in [0.15, 0.2) is 48.5 Å². The summed E-state index contributed by atoms with van der Waals surface area (Å²) >= 11 is 0. The molecule has 8 nitrogen and oxygen atoms in total. The van der Waals surface area contributed by atoms with Crippen molar-refractivity contribution in [1.82, 2.24) is 10.2 Å². The second-order valence-electron chi connectivity index (χ2n) is 10.9. The van der Waals surface area contributed by atoms with Crippen LogP contribution in [0.1, 0.15) is 42.9 Å². The van der Waals surface area contributed by atoms with Crippen molar-refractivity contribution >= 4 is 23.4 Å². The highest BCUT2D eigenvalue weighted by Gasteiger charge is 2.75. The first-order valence-electron chi connectivity index (χ1n) is 13.6. The molecule has 0 aromatic heterocycles. The lowest BCUT2D eigenvalue weighted by Crippen LogP contribution is -2.56. The number of benzene rings is 2. The number of nitrogens with one attached hydrogen (secondary N) is 2. The fourth-order valence-corrected chi connectivity index (χ4v) is 6.66. The Labute approximate surface area is 223 Å². The number of hydrogen-bond donors (Lipinski definition) is 3. The number of hydrogen-bond acceptors (Lipinski definition) is 5. The van der Waals surface area contributed by atoms with E-state index in [1.807, 2.05) is 69.3 Å². The van der Waals surface area contributed by atoms with E-state index in [0.29, 0.717) is 31.5 Å². The van der Waals surface area contributed by atoms with E-state index in [4.69, 9.17) is 4.74 Å². The molecular weight excluding hydrogens is 482 g/mol. The zero-order chi connectivity index (χ0) is 27.0. The number of ether oxygens (including phenoxy) is 1. The zero-order valence-corrected chi connectivity index (χ0v) is 22.3. The standard InChI is InChI=1S/C30H37N3O5/c1-4-14-31-27(35)24-23-12-13-30(38-23)25(24)29(37)33(21(17-34)16-20-8-6-5-7-9-20)26(30)28(36)32-22-15-18(2)10-11-19(22)3/h5-11,15,21,23-26,34H,4,12-14,16-17H2,1-3H3,(H,31,35)(H,32,36)/t21-,23+,24-,25+,26?,30?/m1/s1. The molecule has 5 rings (SSSR count). The Morgan fingerprint density at radius 1 is 1.16 bits per heavy atom. The second-order valence-corrected chi connectivity index (χ2v) is 10.9. The predicted octanol–water partition coefficient (Wildman–Crippen LogP) is 2.75. The number of aliphatic hydroxyl groups is 1. The van der Waals surface area contributed by atoms with E-state index >= 15 is 0 Å². The van der Waals surface area contributed by atoms with E-state index in [2.05, 4.69) is 10.6 Å². The monoisotopic (exact) mass is 519 g/mol. The van der Waals surface area contributed by atoms with Gasteiger partial charge in [-0.1, -0.05) is 49.4 Å². The summed E-state index contributed by atoms with van der Waals surface area (Å²) < 4.78 is 6.50. The summed E-state index contributed by atoms with van der Waals surface area (Å²) in [6.45, 7) is 6.06. The number of aryl methyl sites for hydroxylation is 2. The predicted molar refractivity (Wildman–Crippen MR) is 143 cm³/mol. The van der Waals surface area contributed by atoms with Crippen LogP contribution in [0.4, 0.5) is 5.69 Å². The zero-order valence-electron chi connectivity index (χ0n) is 22.3. The van der Waals surface area contributed by atoms with Crippen LogP contribution in [0.2, 0.25) is 0 Å². The third-order valence-electron chi connectivity index (χ3n) is 8.41. The molecule has 3 heterocycles. The lowest BCUT2D eigenvalue weighted by Gasteiger charge is -2.37. The van der Waals surface area contributed by atoms with Crippen LogP contribution in [0.25, 0.3) is 0 Å². The van der Waals surface area contributed by atoms with Gasteiger partial charge in [0.05, 0.1) is 30.6 Å². The maximum absolute atomic E-state index is 14.2. The number of rotatable bonds is 9. The van der Waals surface area contributed by atoms with E-state index in [9.17, 15) is 19.5 Å². The molecule has 3 fully saturated rings. The fourth-order valence-electron chi connectivity index (χ4n) is 6.66. The van der Waals surface area contributed by atoms with Crippen LogP contribution >= 0.6 is 0 Å². The topological polar surface area (TPSA) is 108 Å². The minimum absolute atomic E-state index is 0.198. The molecule has 1 spiro atoms. The van der Waals surface area contributed by atoms with Crippen molar-refractivity contribution in [2.24, 2.45) is 11.8 Å². The van der Waals surface area contributed by atoms with E-state index < -0.39 is 35.6 Å². The minimum Gasteiger partial charge on any atom is -0.394 e. The number of likely N-dealkylation sites (tertiary alicyclic amines) is 1. The number of fused-ring (bicyclic) bond motifs is 1. The number of carbonyl (C=O) groups excluding carboxylic acids is 3. The van der Waals surface area contributed by atoms with Gasteiger partial charge in [0.1, 0.15) is 11.6 Å². The normalized spacial score (nSPS) is 28.3. The first-order chi connectivity index (χ1) is 18.3. The van der Waals surface area contributed by atoms with Crippen molar-refractivity contribution in [2.45, 2.75) is 70.2 Å². The highest BCUT2D eigenvalue weighted by molar-refractivity contribution is 6.04. The van der Waals surface area contributed by atoms with Crippen molar-refractivity contribution < 1.29 is 24.2 Å². The third kappa shape index (κ3) is 4.39. The Kier molecular flexibility index (Phi) is 7.29. The van der Waals surface area contributed by atoms with Crippen LogP contribution in [-0.2, 0) is 25.5 Å². The molecule has 3 aliphatic heterocycles. The van der Waals surface area contributed by atoms with Gasteiger partial charge in [0.25, 0.3) is 0 Å². The van der Waals surface area contributed by atoms with Gasteiger partial charge in [-0.2, -0.15) is 0 Å². The smallest absolute Gasteiger partial charge is 0.250 e. The largest absolute Gasteiger partial charge is 0.394 e. The molecule has 38 heavy (non-hydrogen) atoms. The van der Waals surface area contributed by atoms with E-state index in [-0.39, 0.29) is 24.3 Å². The van der Waals surface area contributed by atoms with Gasteiger partial charge in [-0.3, -0.25) is 14.4 Å². The van der Waals surface area contributed by atoms with Crippen LogP contribution in [0.5, 0.6) is 0 Å². The summed E-state index contributed by atoms with van der Waals surface area (Å²) in [5, 5.41) is 16.5. The quantitative estimate of drug-likeness (QED) is 0.472. The summed E-state index contributed by atoms with van der Waals surface area (Å²) in [5.74, 6) is -2.26. The van der Waals surface area contributed by atoms with Gasteiger partial charge in [-0.15, -0.1) is 0 Å². The summed E-state index contributed by atoms with van der Waals surface area (Å²) in [6.07, 6.45) is 1.88. The Morgan fingerprint density at radius 2 is 1.92 bits per heavy atom. The molecule has 3 saturated heterocycles. The molecule has 202 valence electrons. The molecule has 0 aliphatic carbocycles. The number of amides is 3. The maximum Gasteiger partial charge on any atom is 0.250 e. The van der Waals surface area contributed by atoms with E-state index in [1.54, 1.807) is 0 Å². The average Bonchev–Trinajstić information content (AvgIpc) is 3.56. The Hall–Kier alpha value is -3.23. The van der Waals surface area contributed by atoms with Gasteiger partial charge in [-0.05, 0) is 62.3 Å². The molecule has 3 N–H and O–H groups in total. The molecule has 2 bridgehead atoms. The summed E-state index contributed by atoms with van der Waals surface area (Å²) in [5.41, 5.74) is 2.43. The highest BCUT2D eigenvalue weighted by atomic mass is 16.5. The van der Waals surface area contributed by atoms with E-state index in [1.165, 1.54) is 4.90 Å². The molecule has 0 saturated carbocycles. The minimum atomic E-state index is -1.11. The van der Waals surface area contributed by atoms with Gasteiger partial charge in [-0.25, -0.2) is 0 Å². The molecule has 3 amide bonds. The summed E-state index contributed by atoms with van der Waals surface area (Å²) in [6, 6.07) is 13.8. The van der Waals surface area contributed by atoms with Gasteiger partial charge >= 0.3 is 0 Å². The number of nitrogens with zero attached hydrogens (tertiary/aromatic N) is 1. The first kappa shape index (κ1) is 26.4. The molecular formula is C30H37N3O5. The SMILES string of the molecule is CCCNC(=O)[C@@H]1[C@@H]2CCC3(O2)C(C(=O)Nc2cc(C)ccc2C)N([C@@H](CO)Cc2ccccc2)C(=O)[C@H]13. The van der Waals surface area contributed by atoms with Crippen LogP contribution < -0.4 is 10.6 Å². The second kappa shape index (κ2) is 10.5. The first-order valence-corrected chi connectivity index (χ1v) is 13.6. The molecule has 0 radical (unpaired) electrons. The van der Waals surface area contributed by atoms with Gasteiger partial charge in [0.15, 0.2) is 0 Å². The van der Waals surface area contributed by atoms with Crippen LogP contribution in [-0.4, -0.2) is 64.7 Å². The fraction of sp³-hybridized carbons (Fsp3) is 0.500. The number of anilines is 1. The molecule has 2 aromatic rings. The lowest BCUT2D eigenvalue weighted by molar-refractivity contribution is -0.144. The summed E-state index contributed by atoms with van der Waals surface area (Å²) in [4.78, 5) is 43.1. The molecule has 2 aromatic carbocycles. The highest BCUT2D eigenvalue weighted by Crippen LogP contribution is 2.59. The van der Waals surface area contributed by atoms with Crippen molar-refractivity contribution in [3.63, 3.8) is 0 Å².